The molecular formula is C24H48O3. The van der Waals surface area contributed by atoms with Gasteiger partial charge in [-0.25, -0.2) is 4.79 Å². The summed E-state index contributed by atoms with van der Waals surface area (Å²) in [6.45, 7) is 6.94. The lowest BCUT2D eigenvalue weighted by Crippen LogP contribution is -2.17. The van der Waals surface area contributed by atoms with Crippen LogP contribution in [-0.2, 0) is 14.6 Å². The Bertz CT molecular complexity index is 304. The number of hydrogen-bond acceptors (Lipinski definition) is 3. The third-order valence-electron chi connectivity index (χ3n) is 5.45. The van der Waals surface area contributed by atoms with Crippen molar-refractivity contribution in [1.29, 1.82) is 0 Å². The summed E-state index contributed by atoms with van der Waals surface area (Å²) in [5, 5.41) is 0. The molecular weight excluding hydrogens is 336 g/mol. The second-order valence-electron chi connectivity index (χ2n) is 8.07. The third kappa shape index (κ3) is 18.6. The molecule has 1 atom stereocenters. The van der Waals surface area contributed by atoms with E-state index in [1.165, 1.54) is 83.5 Å². The van der Waals surface area contributed by atoms with Crippen molar-refractivity contribution in [2.75, 3.05) is 6.61 Å². The third-order valence-corrected chi connectivity index (χ3v) is 5.45. The molecule has 0 saturated carbocycles. The first-order valence-electron chi connectivity index (χ1n) is 12.1. The molecule has 0 saturated heterocycles. The summed E-state index contributed by atoms with van der Waals surface area (Å²) < 4.78 is 0. The first-order valence-corrected chi connectivity index (χ1v) is 12.1. The number of hydrogen-bond donors (Lipinski definition) is 0. The van der Waals surface area contributed by atoms with Crippen LogP contribution in [0, 0.1) is 5.92 Å². The van der Waals surface area contributed by atoms with Gasteiger partial charge in [0.1, 0.15) is 0 Å². The summed E-state index contributed by atoms with van der Waals surface area (Å²) in [5.41, 5.74) is 0. The molecule has 0 N–H and O–H groups in total. The normalized spacial score (nSPS) is 12.3. The Morgan fingerprint density at radius 3 is 1.52 bits per heavy atom. The summed E-state index contributed by atoms with van der Waals surface area (Å²) in [6, 6.07) is 0. The molecule has 0 aromatic heterocycles. The Morgan fingerprint density at radius 2 is 1.07 bits per heavy atom. The molecule has 27 heavy (non-hydrogen) atoms. The smallest absolute Gasteiger partial charge is 0.298 e. The molecule has 0 aliphatic carbocycles. The zero-order chi connectivity index (χ0) is 20.0. The second-order valence-corrected chi connectivity index (χ2v) is 8.07. The van der Waals surface area contributed by atoms with Gasteiger partial charge in [-0.2, -0.15) is 4.89 Å². The van der Waals surface area contributed by atoms with Crippen LogP contribution in [0.1, 0.15) is 136 Å². The fraction of sp³-hybridized carbons (Fsp3) is 0.958. The van der Waals surface area contributed by atoms with Gasteiger partial charge in [-0.3, -0.25) is 4.89 Å². The second kappa shape index (κ2) is 21.7. The van der Waals surface area contributed by atoms with E-state index in [1.807, 2.05) is 0 Å². The molecule has 0 radical (unpaired) electrons. The Hall–Kier alpha value is -0.570. The highest BCUT2D eigenvalue weighted by atomic mass is 17.2. The topological polar surface area (TPSA) is 35.5 Å². The van der Waals surface area contributed by atoms with Gasteiger partial charge in [-0.15, -0.1) is 0 Å². The highest BCUT2D eigenvalue weighted by Crippen LogP contribution is 2.18. The molecule has 0 bridgehead atoms. The van der Waals surface area contributed by atoms with Gasteiger partial charge in [-0.05, 0) is 19.3 Å². The maximum atomic E-state index is 12.0. The van der Waals surface area contributed by atoms with Gasteiger partial charge in [0, 0.05) is 0 Å². The number of carbonyl (C=O) groups excluding carboxylic acids is 1. The van der Waals surface area contributed by atoms with E-state index in [2.05, 4.69) is 20.8 Å². The molecule has 3 heteroatoms. The molecule has 1 unspecified atom stereocenters. The van der Waals surface area contributed by atoms with Crippen molar-refractivity contribution < 1.29 is 14.6 Å². The van der Waals surface area contributed by atoms with Crippen LogP contribution >= 0.6 is 0 Å². The van der Waals surface area contributed by atoms with Crippen molar-refractivity contribution >= 4 is 5.97 Å². The zero-order valence-corrected chi connectivity index (χ0v) is 18.7. The first kappa shape index (κ1) is 26.4. The van der Waals surface area contributed by atoms with E-state index < -0.39 is 0 Å². The predicted octanol–water partition coefficient (Wildman–Crippen LogP) is 8.16. The number of carbonyl (C=O) groups is 1. The van der Waals surface area contributed by atoms with Crippen LogP contribution in [-0.4, -0.2) is 12.6 Å². The molecule has 0 spiro atoms. The molecule has 0 amide bonds. The van der Waals surface area contributed by atoms with E-state index >= 15 is 0 Å². The molecule has 0 aliphatic rings. The lowest BCUT2D eigenvalue weighted by Gasteiger charge is -2.12. The lowest BCUT2D eigenvalue weighted by molar-refractivity contribution is -0.276. The Labute approximate surface area is 169 Å². The van der Waals surface area contributed by atoms with Crippen LogP contribution in [0.25, 0.3) is 0 Å². The minimum absolute atomic E-state index is 0.00366. The molecule has 0 rings (SSSR count). The van der Waals surface area contributed by atoms with E-state index in [1.54, 1.807) is 0 Å². The molecule has 0 fully saturated rings. The standard InChI is InChI=1S/C24H48O3/c1-4-7-9-10-11-12-13-14-15-16-17-18-19-20-21-23(6-3)24(25)27-26-22-8-5-2/h23H,4-22H2,1-3H3. The fourth-order valence-corrected chi connectivity index (χ4v) is 3.44. The highest BCUT2D eigenvalue weighted by molar-refractivity contribution is 5.71. The van der Waals surface area contributed by atoms with Crippen molar-refractivity contribution in [3.8, 4) is 0 Å². The largest absolute Gasteiger partial charge is 0.345 e. The van der Waals surface area contributed by atoms with Crippen LogP contribution in [0.3, 0.4) is 0 Å². The zero-order valence-electron chi connectivity index (χ0n) is 18.7. The maximum absolute atomic E-state index is 12.0. The summed E-state index contributed by atoms with van der Waals surface area (Å²) in [7, 11) is 0. The van der Waals surface area contributed by atoms with Crippen molar-refractivity contribution in [3.05, 3.63) is 0 Å². The van der Waals surface area contributed by atoms with Crippen LogP contribution in [0.2, 0.25) is 0 Å². The van der Waals surface area contributed by atoms with Crippen LogP contribution < -0.4 is 0 Å². The van der Waals surface area contributed by atoms with Gasteiger partial charge in [0.05, 0.1) is 12.5 Å². The minimum Gasteiger partial charge on any atom is -0.298 e. The summed E-state index contributed by atoms with van der Waals surface area (Å²) in [5.74, 6) is -0.174. The van der Waals surface area contributed by atoms with Gasteiger partial charge in [0.15, 0.2) is 0 Å². The Kier molecular flexibility index (Phi) is 21.3. The van der Waals surface area contributed by atoms with E-state index in [-0.39, 0.29) is 11.9 Å². The van der Waals surface area contributed by atoms with Crippen molar-refractivity contribution in [2.24, 2.45) is 5.92 Å². The summed E-state index contributed by atoms with van der Waals surface area (Å²) >= 11 is 0. The average molecular weight is 385 g/mol. The van der Waals surface area contributed by atoms with E-state index in [0.717, 1.165) is 32.1 Å². The van der Waals surface area contributed by atoms with Crippen molar-refractivity contribution in [2.45, 2.75) is 136 Å². The highest BCUT2D eigenvalue weighted by Gasteiger charge is 2.18. The maximum Gasteiger partial charge on any atom is 0.345 e. The lowest BCUT2D eigenvalue weighted by atomic mass is 9.98. The van der Waals surface area contributed by atoms with Gasteiger partial charge >= 0.3 is 5.97 Å². The van der Waals surface area contributed by atoms with E-state index in [0.29, 0.717) is 6.61 Å². The molecule has 162 valence electrons. The van der Waals surface area contributed by atoms with Gasteiger partial charge in [0.2, 0.25) is 0 Å². The minimum atomic E-state index is -0.178. The molecule has 0 heterocycles. The van der Waals surface area contributed by atoms with Crippen molar-refractivity contribution in [1.82, 2.24) is 0 Å². The Morgan fingerprint density at radius 1 is 0.630 bits per heavy atom. The monoisotopic (exact) mass is 384 g/mol. The average Bonchev–Trinajstić information content (AvgIpc) is 2.68. The van der Waals surface area contributed by atoms with Crippen molar-refractivity contribution in [3.63, 3.8) is 0 Å². The van der Waals surface area contributed by atoms with Crippen LogP contribution in [0.4, 0.5) is 0 Å². The van der Waals surface area contributed by atoms with Gasteiger partial charge in [0.25, 0.3) is 0 Å². The number of unbranched alkanes of at least 4 members (excludes halogenated alkanes) is 14. The van der Waals surface area contributed by atoms with Crippen LogP contribution in [0.5, 0.6) is 0 Å². The van der Waals surface area contributed by atoms with Gasteiger partial charge < -0.3 is 0 Å². The Balaban J connectivity index is 3.37. The summed E-state index contributed by atoms with van der Waals surface area (Å²) in [4.78, 5) is 21.9. The molecule has 0 aromatic rings. The first-order chi connectivity index (χ1) is 13.3. The molecule has 3 nitrogen and oxygen atoms in total. The van der Waals surface area contributed by atoms with Gasteiger partial charge in [-0.1, -0.05) is 117 Å². The predicted molar refractivity (Wildman–Crippen MR) is 116 cm³/mol. The number of rotatable bonds is 21. The van der Waals surface area contributed by atoms with E-state index in [9.17, 15) is 4.79 Å². The van der Waals surface area contributed by atoms with Crippen LogP contribution in [0.15, 0.2) is 0 Å². The van der Waals surface area contributed by atoms with E-state index in [4.69, 9.17) is 9.78 Å². The fourth-order valence-electron chi connectivity index (χ4n) is 3.44. The SMILES string of the molecule is CCCCCCCCCCCCCCCCC(CC)C(=O)OOCCCC. The summed E-state index contributed by atoms with van der Waals surface area (Å²) in [6.07, 6.45) is 22.9. The molecule has 0 aromatic carbocycles. The molecule has 0 aliphatic heterocycles. The quantitative estimate of drug-likeness (QED) is 0.114.